The Morgan fingerprint density at radius 3 is 3.00 bits per heavy atom. The van der Waals surface area contributed by atoms with Crippen molar-refractivity contribution in [3.8, 4) is 0 Å². The molecule has 1 unspecified atom stereocenters. The van der Waals surface area contributed by atoms with Crippen molar-refractivity contribution >= 4 is 17.6 Å². The largest absolute Gasteiger partial charge is 0.398 e. The van der Waals surface area contributed by atoms with E-state index >= 15 is 0 Å². The lowest BCUT2D eigenvalue weighted by Crippen LogP contribution is -2.14. The molecule has 1 aliphatic carbocycles. The van der Waals surface area contributed by atoms with Crippen LogP contribution in [0.3, 0.4) is 0 Å². The first kappa shape index (κ1) is 9.87. The molecule has 2 N–H and O–H groups in total. The third kappa shape index (κ3) is 1.51. The van der Waals surface area contributed by atoms with E-state index in [4.69, 9.17) is 5.73 Å². The number of rotatable bonds is 2. The molecule has 3 heteroatoms. The Labute approximate surface area is 89.6 Å². The van der Waals surface area contributed by atoms with Gasteiger partial charge in [-0.2, -0.15) is 0 Å². The molecule has 0 radical (unpaired) electrons. The van der Waals surface area contributed by atoms with Gasteiger partial charge in [-0.15, -0.1) is 0 Å². The fourth-order valence-corrected chi connectivity index (χ4v) is 2.64. The molecule has 0 saturated carbocycles. The normalized spacial score (nSPS) is 20.1. The van der Waals surface area contributed by atoms with E-state index in [2.05, 4.69) is 29.7 Å². The zero-order valence-corrected chi connectivity index (χ0v) is 9.47. The van der Waals surface area contributed by atoms with Crippen LogP contribution >= 0.6 is 11.9 Å². The van der Waals surface area contributed by atoms with Crippen molar-refractivity contribution in [2.24, 2.45) is 0 Å². The van der Waals surface area contributed by atoms with Gasteiger partial charge in [0.15, 0.2) is 0 Å². The average Bonchev–Trinajstić information content (AvgIpc) is 2.62. The maximum Gasteiger partial charge on any atom is 0.0455 e. The molecule has 1 aliphatic rings. The first-order chi connectivity index (χ1) is 6.74. The van der Waals surface area contributed by atoms with Gasteiger partial charge in [0.25, 0.3) is 0 Å². The zero-order chi connectivity index (χ0) is 10.1. The maximum atomic E-state index is 5.95. The second-order valence-corrected chi connectivity index (χ2v) is 4.64. The Kier molecular flexibility index (Phi) is 2.70. The third-order valence-electron chi connectivity index (χ3n) is 3.00. The molecule has 2 rings (SSSR count). The summed E-state index contributed by atoms with van der Waals surface area (Å²) in [4.78, 5) is 0. The van der Waals surface area contributed by atoms with Crippen molar-refractivity contribution in [1.82, 2.24) is 4.31 Å². The van der Waals surface area contributed by atoms with Gasteiger partial charge in [0, 0.05) is 11.7 Å². The van der Waals surface area contributed by atoms with E-state index in [1.165, 1.54) is 17.5 Å². The molecular formula is C11H16N2S. The molecule has 0 fully saturated rings. The Morgan fingerprint density at radius 2 is 2.29 bits per heavy atom. The minimum absolute atomic E-state index is 0.545. The SMILES string of the molecule is CSN(C)C1CCc2c(N)cccc21. The lowest BCUT2D eigenvalue weighted by molar-refractivity contribution is 0.420. The first-order valence-electron chi connectivity index (χ1n) is 4.88. The number of anilines is 1. The zero-order valence-electron chi connectivity index (χ0n) is 8.66. The summed E-state index contributed by atoms with van der Waals surface area (Å²) >= 11 is 1.78. The van der Waals surface area contributed by atoms with Crippen LogP contribution in [0.15, 0.2) is 18.2 Å². The Hall–Kier alpha value is -0.670. The molecule has 0 aromatic heterocycles. The Morgan fingerprint density at radius 1 is 1.50 bits per heavy atom. The molecule has 0 aliphatic heterocycles. The lowest BCUT2D eigenvalue weighted by Gasteiger charge is -2.22. The van der Waals surface area contributed by atoms with Gasteiger partial charge in [0.05, 0.1) is 0 Å². The fourth-order valence-electron chi connectivity index (χ4n) is 2.17. The fraction of sp³-hybridized carbons (Fsp3) is 0.455. The Balaban J connectivity index is 2.35. The number of hydrogen-bond donors (Lipinski definition) is 1. The maximum absolute atomic E-state index is 5.95. The van der Waals surface area contributed by atoms with Crippen molar-refractivity contribution in [2.75, 3.05) is 19.0 Å². The van der Waals surface area contributed by atoms with Crippen LogP contribution < -0.4 is 5.73 Å². The summed E-state index contributed by atoms with van der Waals surface area (Å²) in [6.45, 7) is 0. The highest BCUT2D eigenvalue weighted by Crippen LogP contribution is 2.39. The predicted octanol–water partition coefficient (Wildman–Crippen LogP) is 2.47. The highest BCUT2D eigenvalue weighted by molar-refractivity contribution is 7.96. The summed E-state index contributed by atoms with van der Waals surface area (Å²) < 4.78 is 2.31. The first-order valence-corrected chi connectivity index (χ1v) is 6.06. The van der Waals surface area contributed by atoms with Gasteiger partial charge < -0.3 is 5.73 Å². The van der Waals surface area contributed by atoms with Gasteiger partial charge >= 0.3 is 0 Å². The van der Waals surface area contributed by atoms with E-state index in [1.807, 2.05) is 6.07 Å². The van der Waals surface area contributed by atoms with E-state index in [1.54, 1.807) is 11.9 Å². The van der Waals surface area contributed by atoms with Crippen molar-refractivity contribution in [3.05, 3.63) is 29.3 Å². The van der Waals surface area contributed by atoms with E-state index in [-0.39, 0.29) is 0 Å². The molecule has 0 saturated heterocycles. The smallest absolute Gasteiger partial charge is 0.0455 e. The number of nitrogens with two attached hydrogens (primary N) is 1. The summed E-state index contributed by atoms with van der Waals surface area (Å²) in [5.41, 5.74) is 9.69. The molecule has 1 aromatic carbocycles. The minimum atomic E-state index is 0.545. The monoisotopic (exact) mass is 208 g/mol. The molecule has 2 nitrogen and oxygen atoms in total. The molecule has 0 spiro atoms. The molecule has 0 heterocycles. The second-order valence-electron chi connectivity index (χ2n) is 3.70. The summed E-state index contributed by atoms with van der Waals surface area (Å²) in [6.07, 6.45) is 4.43. The van der Waals surface area contributed by atoms with Crippen molar-refractivity contribution in [3.63, 3.8) is 0 Å². The van der Waals surface area contributed by atoms with E-state index in [0.717, 1.165) is 12.1 Å². The molecule has 0 amide bonds. The van der Waals surface area contributed by atoms with Crippen LogP contribution in [0.5, 0.6) is 0 Å². The quantitative estimate of drug-likeness (QED) is 0.598. The molecular weight excluding hydrogens is 192 g/mol. The standard InChI is InChI=1S/C11H16N2S/c1-13(14-2)11-7-6-8-9(11)4-3-5-10(8)12/h3-5,11H,6-7,12H2,1-2H3. The number of benzene rings is 1. The topological polar surface area (TPSA) is 29.3 Å². The average molecular weight is 208 g/mol. The summed E-state index contributed by atoms with van der Waals surface area (Å²) in [5.74, 6) is 0. The van der Waals surface area contributed by atoms with Crippen LogP contribution in [-0.2, 0) is 6.42 Å². The van der Waals surface area contributed by atoms with Crippen LogP contribution in [-0.4, -0.2) is 17.6 Å². The molecule has 14 heavy (non-hydrogen) atoms. The number of hydrogen-bond acceptors (Lipinski definition) is 3. The van der Waals surface area contributed by atoms with Crippen molar-refractivity contribution in [2.45, 2.75) is 18.9 Å². The number of nitrogens with zero attached hydrogens (tertiary/aromatic N) is 1. The highest BCUT2D eigenvalue weighted by atomic mass is 32.2. The van der Waals surface area contributed by atoms with Crippen LogP contribution in [0.1, 0.15) is 23.6 Å². The van der Waals surface area contributed by atoms with Crippen molar-refractivity contribution in [1.29, 1.82) is 0 Å². The number of fused-ring (bicyclic) bond motifs is 1. The van der Waals surface area contributed by atoms with Crippen LogP contribution in [0.25, 0.3) is 0 Å². The second kappa shape index (κ2) is 3.83. The Bertz CT molecular complexity index is 338. The van der Waals surface area contributed by atoms with Gasteiger partial charge in [-0.3, -0.25) is 0 Å². The van der Waals surface area contributed by atoms with Crippen LogP contribution in [0, 0.1) is 0 Å². The van der Waals surface area contributed by atoms with E-state index < -0.39 is 0 Å². The summed E-state index contributed by atoms with van der Waals surface area (Å²) in [7, 11) is 2.15. The van der Waals surface area contributed by atoms with Crippen LogP contribution in [0.2, 0.25) is 0 Å². The molecule has 76 valence electrons. The predicted molar refractivity (Wildman–Crippen MR) is 63.2 cm³/mol. The molecule has 0 bridgehead atoms. The minimum Gasteiger partial charge on any atom is -0.398 e. The molecule has 1 aromatic rings. The highest BCUT2D eigenvalue weighted by Gasteiger charge is 2.26. The van der Waals surface area contributed by atoms with Crippen LogP contribution in [0.4, 0.5) is 5.69 Å². The van der Waals surface area contributed by atoms with E-state index in [0.29, 0.717) is 6.04 Å². The summed E-state index contributed by atoms with van der Waals surface area (Å²) in [5, 5.41) is 0. The molecule has 1 atom stereocenters. The van der Waals surface area contributed by atoms with Gasteiger partial charge in [0.1, 0.15) is 0 Å². The number of nitrogen functional groups attached to an aromatic ring is 1. The summed E-state index contributed by atoms with van der Waals surface area (Å²) in [6, 6.07) is 6.81. The van der Waals surface area contributed by atoms with Gasteiger partial charge in [-0.25, -0.2) is 4.31 Å². The van der Waals surface area contributed by atoms with E-state index in [9.17, 15) is 0 Å². The van der Waals surface area contributed by atoms with Gasteiger partial charge in [0.2, 0.25) is 0 Å². The van der Waals surface area contributed by atoms with Gasteiger partial charge in [-0.1, -0.05) is 24.1 Å². The van der Waals surface area contributed by atoms with Crippen molar-refractivity contribution < 1.29 is 0 Å². The third-order valence-corrected chi connectivity index (χ3v) is 3.83. The lowest BCUT2D eigenvalue weighted by atomic mass is 10.1. The van der Waals surface area contributed by atoms with Gasteiger partial charge in [-0.05, 0) is 43.3 Å².